The minimum absolute atomic E-state index is 0.0742. The molecule has 1 saturated carbocycles. The van der Waals surface area contributed by atoms with Gasteiger partial charge in [0.2, 0.25) is 5.91 Å². The summed E-state index contributed by atoms with van der Waals surface area (Å²) in [5.74, 6) is -0.592. The summed E-state index contributed by atoms with van der Waals surface area (Å²) in [6, 6.07) is 3.73. The van der Waals surface area contributed by atoms with E-state index < -0.39 is 17.2 Å². The minimum Gasteiger partial charge on any atom is -0.341 e. The molecule has 1 atom stereocenters. The Hall–Kier alpha value is -1.49. The number of likely N-dealkylation sites (tertiary alicyclic amines) is 1. The number of halogens is 2. The summed E-state index contributed by atoms with van der Waals surface area (Å²) in [6.45, 7) is 1.49. The molecule has 0 aromatic heterocycles. The molecule has 0 spiro atoms. The van der Waals surface area contributed by atoms with Gasteiger partial charge in [-0.25, -0.2) is 8.78 Å². The fraction of sp³-hybridized carbons (Fsp3) is 0.588. The Morgan fingerprint density at radius 2 is 2.14 bits per heavy atom. The van der Waals surface area contributed by atoms with E-state index in [1.54, 1.807) is 0 Å². The molecule has 1 amide bonds. The summed E-state index contributed by atoms with van der Waals surface area (Å²) in [5.41, 5.74) is 5.93. The summed E-state index contributed by atoms with van der Waals surface area (Å²) in [5, 5.41) is 0. The van der Waals surface area contributed by atoms with Crippen molar-refractivity contribution >= 4 is 5.91 Å². The molecule has 5 heteroatoms. The highest BCUT2D eigenvalue weighted by molar-refractivity contribution is 5.89. The van der Waals surface area contributed by atoms with Crippen LogP contribution in [-0.4, -0.2) is 29.4 Å². The second kappa shape index (κ2) is 5.95. The highest BCUT2D eigenvalue weighted by atomic mass is 19.1. The zero-order chi connectivity index (χ0) is 15.7. The Bertz CT molecular complexity index is 572. The van der Waals surface area contributed by atoms with Gasteiger partial charge in [0.05, 0.1) is 5.54 Å². The number of rotatable bonds is 4. The summed E-state index contributed by atoms with van der Waals surface area (Å²) < 4.78 is 26.6. The molecule has 0 radical (unpaired) electrons. The van der Waals surface area contributed by atoms with Crippen molar-refractivity contribution in [1.29, 1.82) is 0 Å². The smallest absolute Gasteiger partial charge is 0.242 e. The van der Waals surface area contributed by atoms with Crippen LogP contribution in [0.1, 0.15) is 37.7 Å². The molecule has 22 heavy (non-hydrogen) atoms. The number of carbonyl (C=O) groups is 1. The maximum absolute atomic E-state index is 13.7. The van der Waals surface area contributed by atoms with E-state index >= 15 is 0 Å². The van der Waals surface area contributed by atoms with Crippen molar-refractivity contribution in [3.63, 3.8) is 0 Å². The molecule has 2 fully saturated rings. The number of nitrogens with two attached hydrogens (primary N) is 1. The van der Waals surface area contributed by atoms with Crippen LogP contribution in [0.4, 0.5) is 8.78 Å². The maximum Gasteiger partial charge on any atom is 0.242 e. The van der Waals surface area contributed by atoms with E-state index in [2.05, 4.69) is 0 Å². The molecule has 0 bridgehead atoms. The van der Waals surface area contributed by atoms with Crippen molar-refractivity contribution in [2.45, 2.75) is 44.1 Å². The van der Waals surface area contributed by atoms with Crippen LogP contribution in [0.3, 0.4) is 0 Å². The summed E-state index contributed by atoms with van der Waals surface area (Å²) in [6.07, 6.45) is 4.97. The highest BCUT2D eigenvalue weighted by Gasteiger charge is 2.48. The van der Waals surface area contributed by atoms with Crippen LogP contribution in [-0.2, 0) is 11.2 Å². The minimum atomic E-state index is -0.606. The molecule has 3 rings (SSSR count). The number of amides is 1. The molecule has 1 aliphatic heterocycles. The van der Waals surface area contributed by atoms with Gasteiger partial charge in [0.1, 0.15) is 11.6 Å². The van der Waals surface area contributed by atoms with E-state index in [0.717, 1.165) is 44.7 Å². The van der Waals surface area contributed by atoms with Gasteiger partial charge in [-0.15, -0.1) is 0 Å². The first-order valence-corrected chi connectivity index (χ1v) is 8.00. The first kappa shape index (κ1) is 15.4. The van der Waals surface area contributed by atoms with Crippen LogP contribution in [0.15, 0.2) is 18.2 Å². The molecule has 1 heterocycles. The SMILES string of the molecule is NC1(C(=O)N2CCC[C@@H](CCc3ccc(F)cc3F)C2)CC1. The Labute approximate surface area is 129 Å². The quantitative estimate of drug-likeness (QED) is 0.929. The lowest BCUT2D eigenvalue weighted by molar-refractivity contribution is -0.135. The van der Waals surface area contributed by atoms with Gasteiger partial charge in [-0.3, -0.25) is 4.79 Å². The first-order valence-electron chi connectivity index (χ1n) is 8.00. The van der Waals surface area contributed by atoms with Gasteiger partial charge < -0.3 is 10.6 Å². The third-order valence-corrected chi connectivity index (χ3v) is 4.86. The van der Waals surface area contributed by atoms with Crippen molar-refractivity contribution in [3.05, 3.63) is 35.4 Å². The van der Waals surface area contributed by atoms with E-state index in [1.165, 1.54) is 12.1 Å². The van der Waals surface area contributed by atoms with Crippen molar-refractivity contribution in [2.75, 3.05) is 13.1 Å². The number of piperidine rings is 1. The van der Waals surface area contributed by atoms with Crippen molar-refractivity contribution in [1.82, 2.24) is 4.90 Å². The second-order valence-electron chi connectivity index (χ2n) is 6.69. The molecule has 120 valence electrons. The van der Waals surface area contributed by atoms with Crippen LogP contribution in [0, 0.1) is 17.6 Å². The summed E-state index contributed by atoms with van der Waals surface area (Å²) >= 11 is 0. The van der Waals surface area contributed by atoms with Crippen LogP contribution in [0.25, 0.3) is 0 Å². The monoisotopic (exact) mass is 308 g/mol. The molecule has 0 unspecified atom stereocenters. The lowest BCUT2D eigenvalue weighted by Gasteiger charge is -2.34. The summed E-state index contributed by atoms with van der Waals surface area (Å²) in [4.78, 5) is 14.2. The Balaban J connectivity index is 1.55. The average Bonchev–Trinajstić information content (AvgIpc) is 3.25. The lowest BCUT2D eigenvalue weighted by Crippen LogP contribution is -2.49. The van der Waals surface area contributed by atoms with Gasteiger partial charge in [0.25, 0.3) is 0 Å². The second-order valence-corrected chi connectivity index (χ2v) is 6.69. The van der Waals surface area contributed by atoms with Crippen LogP contribution >= 0.6 is 0 Å². The van der Waals surface area contributed by atoms with Gasteiger partial charge in [-0.1, -0.05) is 6.07 Å². The van der Waals surface area contributed by atoms with Crippen molar-refractivity contribution in [3.8, 4) is 0 Å². The van der Waals surface area contributed by atoms with Crippen molar-refractivity contribution < 1.29 is 13.6 Å². The van der Waals surface area contributed by atoms with Crippen LogP contribution in [0.5, 0.6) is 0 Å². The number of hydrogen-bond acceptors (Lipinski definition) is 2. The van der Waals surface area contributed by atoms with Gasteiger partial charge in [-0.2, -0.15) is 0 Å². The average molecular weight is 308 g/mol. The molecule has 1 aromatic carbocycles. The molecule has 1 aliphatic carbocycles. The van der Waals surface area contributed by atoms with E-state index in [4.69, 9.17) is 5.73 Å². The first-order chi connectivity index (χ1) is 10.5. The van der Waals surface area contributed by atoms with E-state index in [-0.39, 0.29) is 5.91 Å². The number of carbonyl (C=O) groups excluding carboxylic acids is 1. The zero-order valence-electron chi connectivity index (χ0n) is 12.7. The highest BCUT2D eigenvalue weighted by Crippen LogP contribution is 2.35. The standard InChI is InChI=1S/C17H22F2N2O/c18-14-6-5-13(15(19)10-14)4-3-12-2-1-9-21(11-12)16(22)17(20)7-8-17/h5-6,10,12H,1-4,7-9,11,20H2/t12-/m0/s1. The van der Waals surface area contributed by atoms with Crippen LogP contribution < -0.4 is 5.73 Å². The molecule has 2 N–H and O–H groups in total. The van der Waals surface area contributed by atoms with E-state index in [0.29, 0.717) is 24.4 Å². The Morgan fingerprint density at radius 3 is 2.82 bits per heavy atom. The van der Waals surface area contributed by atoms with E-state index in [9.17, 15) is 13.6 Å². The molecule has 3 nitrogen and oxygen atoms in total. The van der Waals surface area contributed by atoms with E-state index in [1.807, 2.05) is 4.90 Å². The Kier molecular flexibility index (Phi) is 4.17. The number of aryl methyl sites for hydroxylation is 1. The van der Waals surface area contributed by atoms with Gasteiger partial charge in [0.15, 0.2) is 0 Å². The normalized spacial score (nSPS) is 23.4. The predicted octanol–water partition coefficient (Wildman–Crippen LogP) is 2.63. The molecule has 2 aliphatic rings. The molecular weight excluding hydrogens is 286 g/mol. The largest absolute Gasteiger partial charge is 0.341 e. The van der Waals surface area contributed by atoms with Crippen molar-refractivity contribution in [2.24, 2.45) is 11.7 Å². The fourth-order valence-electron chi connectivity index (χ4n) is 3.23. The van der Waals surface area contributed by atoms with Gasteiger partial charge in [-0.05, 0) is 56.1 Å². The number of nitrogens with zero attached hydrogens (tertiary/aromatic N) is 1. The summed E-state index contributed by atoms with van der Waals surface area (Å²) in [7, 11) is 0. The maximum atomic E-state index is 13.7. The molecule has 1 saturated heterocycles. The number of benzene rings is 1. The predicted molar refractivity (Wildman–Crippen MR) is 80.1 cm³/mol. The van der Waals surface area contributed by atoms with Crippen LogP contribution in [0.2, 0.25) is 0 Å². The lowest BCUT2D eigenvalue weighted by atomic mass is 9.91. The van der Waals surface area contributed by atoms with Gasteiger partial charge in [0, 0.05) is 19.2 Å². The molecular formula is C17H22F2N2O. The topological polar surface area (TPSA) is 46.3 Å². The molecule has 1 aromatic rings. The third kappa shape index (κ3) is 3.29. The Morgan fingerprint density at radius 1 is 1.36 bits per heavy atom. The number of hydrogen-bond donors (Lipinski definition) is 1. The third-order valence-electron chi connectivity index (χ3n) is 4.86. The van der Waals surface area contributed by atoms with Gasteiger partial charge >= 0.3 is 0 Å². The fourth-order valence-corrected chi connectivity index (χ4v) is 3.23. The zero-order valence-corrected chi connectivity index (χ0v) is 12.7.